The smallest absolute Gasteiger partial charge is 0.261 e. The van der Waals surface area contributed by atoms with Crippen LogP contribution in [-0.4, -0.2) is 48.4 Å². The molecule has 25 heavy (non-hydrogen) atoms. The molecule has 9 heteroatoms. The Morgan fingerprint density at radius 2 is 2.24 bits per heavy atom. The van der Waals surface area contributed by atoms with Gasteiger partial charge in [0.1, 0.15) is 0 Å². The summed E-state index contributed by atoms with van der Waals surface area (Å²) in [4.78, 5) is 19.2. The van der Waals surface area contributed by atoms with Crippen molar-refractivity contribution in [3.63, 3.8) is 0 Å². The van der Waals surface area contributed by atoms with E-state index in [0.29, 0.717) is 18.7 Å². The Kier molecular flexibility index (Phi) is 5.61. The molecule has 0 spiro atoms. The molecular formula is C16H17ClN2O4S2. The van der Waals surface area contributed by atoms with Crippen molar-refractivity contribution >= 4 is 38.7 Å². The topological polar surface area (TPSA) is 76.6 Å². The number of nitrogens with zero attached hydrogens (tertiary/aromatic N) is 2. The number of carbonyl (C=O) groups excluding carboxylic acids is 1. The number of carbonyl (C=O) groups is 1. The first-order valence-electron chi connectivity index (χ1n) is 7.70. The quantitative estimate of drug-likeness (QED) is 0.696. The molecule has 3 heterocycles. The van der Waals surface area contributed by atoms with Crippen molar-refractivity contribution in [2.24, 2.45) is 0 Å². The van der Waals surface area contributed by atoms with E-state index in [1.807, 2.05) is 17.5 Å². The maximum atomic E-state index is 12.7. The second kappa shape index (κ2) is 7.72. The Morgan fingerprint density at radius 1 is 1.40 bits per heavy atom. The number of pyridine rings is 1. The van der Waals surface area contributed by atoms with E-state index in [2.05, 4.69) is 4.98 Å². The summed E-state index contributed by atoms with van der Waals surface area (Å²) in [6, 6.07) is 6.80. The average molecular weight is 401 g/mol. The van der Waals surface area contributed by atoms with E-state index in [0.717, 1.165) is 4.88 Å². The summed E-state index contributed by atoms with van der Waals surface area (Å²) in [6.07, 6.45) is 1.98. The number of sulfone groups is 1. The van der Waals surface area contributed by atoms with Crippen molar-refractivity contribution < 1.29 is 17.9 Å². The Morgan fingerprint density at radius 3 is 2.88 bits per heavy atom. The molecule has 0 bridgehead atoms. The van der Waals surface area contributed by atoms with E-state index >= 15 is 0 Å². The van der Waals surface area contributed by atoms with Gasteiger partial charge >= 0.3 is 0 Å². The predicted octanol–water partition coefficient (Wildman–Crippen LogP) is 2.39. The zero-order valence-electron chi connectivity index (χ0n) is 13.3. The van der Waals surface area contributed by atoms with Crippen molar-refractivity contribution in [1.29, 1.82) is 0 Å². The van der Waals surface area contributed by atoms with Gasteiger partial charge in [-0.3, -0.25) is 4.79 Å². The van der Waals surface area contributed by atoms with Crippen LogP contribution in [0.15, 0.2) is 35.8 Å². The zero-order valence-corrected chi connectivity index (χ0v) is 15.7. The molecule has 134 valence electrons. The van der Waals surface area contributed by atoms with Gasteiger partial charge in [-0.2, -0.15) is 0 Å². The molecule has 0 saturated carbocycles. The number of hydrogen-bond donors (Lipinski definition) is 0. The van der Waals surface area contributed by atoms with Crippen LogP contribution in [0.3, 0.4) is 0 Å². The molecular weight excluding hydrogens is 384 g/mol. The van der Waals surface area contributed by atoms with Crippen LogP contribution in [0, 0.1) is 0 Å². The lowest BCUT2D eigenvalue weighted by Gasteiger charge is -2.28. The van der Waals surface area contributed by atoms with Gasteiger partial charge in [-0.1, -0.05) is 17.7 Å². The average Bonchev–Trinajstić information content (AvgIpc) is 3.20. The van der Waals surface area contributed by atoms with E-state index in [1.165, 1.54) is 17.5 Å². The first kappa shape index (κ1) is 18.2. The highest BCUT2D eigenvalue weighted by Crippen LogP contribution is 2.23. The molecule has 3 rings (SSSR count). The number of rotatable bonds is 6. The minimum Gasteiger partial charge on any atom is -0.481 e. The molecule has 0 aromatic carbocycles. The van der Waals surface area contributed by atoms with E-state index in [4.69, 9.17) is 16.3 Å². The standard InChI is InChI=1S/C16H17ClN2O4S2/c17-16-14(4-1-6-18-16)23-10-15(20)19(9-13-3-2-7-24-13)12-5-8-25(21,22)11-12/h1-4,6-7,12H,5,8-11H2. The number of hydrogen-bond acceptors (Lipinski definition) is 6. The van der Waals surface area contributed by atoms with Crippen molar-refractivity contribution in [2.75, 3.05) is 18.1 Å². The van der Waals surface area contributed by atoms with E-state index < -0.39 is 9.84 Å². The van der Waals surface area contributed by atoms with Gasteiger partial charge in [0.05, 0.1) is 18.1 Å². The second-order valence-electron chi connectivity index (χ2n) is 5.74. The molecule has 0 aliphatic carbocycles. The molecule has 2 aromatic heterocycles. The maximum absolute atomic E-state index is 12.7. The van der Waals surface area contributed by atoms with Crippen LogP contribution >= 0.6 is 22.9 Å². The van der Waals surface area contributed by atoms with Gasteiger partial charge in [0, 0.05) is 17.1 Å². The Labute approximate surface area is 155 Å². The normalized spacial score (nSPS) is 18.8. The molecule has 1 atom stereocenters. The van der Waals surface area contributed by atoms with E-state index in [-0.39, 0.29) is 35.2 Å². The van der Waals surface area contributed by atoms with Crippen LogP contribution in [0.1, 0.15) is 11.3 Å². The number of aromatic nitrogens is 1. The van der Waals surface area contributed by atoms with Gasteiger partial charge in [0.15, 0.2) is 27.3 Å². The van der Waals surface area contributed by atoms with Crippen molar-refractivity contribution in [3.8, 4) is 5.75 Å². The van der Waals surface area contributed by atoms with Gasteiger partial charge in [-0.05, 0) is 30.0 Å². The summed E-state index contributed by atoms with van der Waals surface area (Å²) in [6.45, 7) is 0.161. The number of halogens is 1. The number of amides is 1. The summed E-state index contributed by atoms with van der Waals surface area (Å²) in [5.41, 5.74) is 0. The summed E-state index contributed by atoms with van der Waals surface area (Å²) >= 11 is 7.46. The Balaban J connectivity index is 1.71. The minimum absolute atomic E-state index is 0.00222. The molecule has 1 fully saturated rings. The minimum atomic E-state index is -3.09. The third-order valence-electron chi connectivity index (χ3n) is 3.95. The molecule has 1 aliphatic heterocycles. The van der Waals surface area contributed by atoms with Crippen LogP contribution in [0.5, 0.6) is 5.75 Å². The Bertz CT molecular complexity index is 840. The Hall–Kier alpha value is -1.64. The van der Waals surface area contributed by atoms with Crippen LogP contribution in [-0.2, 0) is 21.2 Å². The number of ether oxygens (including phenoxy) is 1. The largest absolute Gasteiger partial charge is 0.481 e. The maximum Gasteiger partial charge on any atom is 0.261 e. The molecule has 1 amide bonds. The zero-order chi connectivity index (χ0) is 17.9. The summed E-state index contributed by atoms with van der Waals surface area (Å²) in [5, 5.41) is 2.11. The van der Waals surface area contributed by atoms with Gasteiger partial charge in [0.2, 0.25) is 0 Å². The number of thiophene rings is 1. The fourth-order valence-corrected chi connectivity index (χ4v) is 5.32. The van der Waals surface area contributed by atoms with Crippen LogP contribution in [0.25, 0.3) is 0 Å². The third-order valence-corrected chi connectivity index (χ3v) is 6.85. The lowest BCUT2D eigenvalue weighted by atomic mass is 10.2. The van der Waals surface area contributed by atoms with Crippen molar-refractivity contribution in [1.82, 2.24) is 9.88 Å². The molecule has 0 radical (unpaired) electrons. The van der Waals surface area contributed by atoms with Gasteiger partial charge < -0.3 is 9.64 Å². The summed E-state index contributed by atoms with van der Waals surface area (Å²) < 4.78 is 29.1. The fourth-order valence-electron chi connectivity index (χ4n) is 2.71. The first-order valence-corrected chi connectivity index (χ1v) is 10.8. The summed E-state index contributed by atoms with van der Waals surface area (Å²) in [7, 11) is -3.09. The molecule has 1 unspecified atom stereocenters. The van der Waals surface area contributed by atoms with Gasteiger partial charge in [-0.15, -0.1) is 11.3 Å². The van der Waals surface area contributed by atoms with E-state index in [9.17, 15) is 13.2 Å². The fraction of sp³-hybridized carbons (Fsp3) is 0.375. The highest BCUT2D eigenvalue weighted by Gasteiger charge is 2.35. The van der Waals surface area contributed by atoms with Crippen LogP contribution in [0.4, 0.5) is 0 Å². The van der Waals surface area contributed by atoms with Gasteiger partial charge in [-0.25, -0.2) is 13.4 Å². The SMILES string of the molecule is O=C(COc1cccnc1Cl)N(Cc1cccs1)C1CCS(=O)(=O)C1. The highest BCUT2D eigenvalue weighted by atomic mass is 35.5. The first-order chi connectivity index (χ1) is 11.9. The lowest BCUT2D eigenvalue weighted by Crippen LogP contribution is -2.42. The highest BCUT2D eigenvalue weighted by molar-refractivity contribution is 7.91. The molecule has 1 saturated heterocycles. The third kappa shape index (κ3) is 4.71. The van der Waals surface area contributed by atoms with Crippen molar-refractivity contribution in [3.05, 3.63) is 45.9 Å². The molecule has 1 aliphatic rings. The molecule has 2 aromatic rings. The summed E-state index contributed by atoms with van der Waals surface area (Å²) in [5.74, 6) is 0.168. The molecule has 6 nitrogen and oxygen atoms in total. The monoisotopic (exact) mass is 400 g/mol. The van der Waals surface area contributed by atoms with Crippen LogP contribution in [0.2, 0.25) is 5.15 Å². The second-order valence-corrected chi connectivity index (χ2v) is 9.36. The predicted molar refractivity (Wildman–Crippen MR) is 96.7 cm³/mol. The molecule has 0 N–H and O–H groups in total. The lowest BCUT2D eigenvalue weighted by molar-refractivity contribution is -0.135. The van der Waals surface area contributed by atoms with Crippen molar-refractivity contribution in [2.45, 2.75) is 19.0 Å². The van der Waals surface area contributed by atoms with Crippen LogP contribution < -0.4 is 4.74 Å². The van der Waals surface area contributed by atoms with Gasteiger partial charge in [0.25, 0.3) is 5.91 Å². The van der Waals surface area contributed by atoms with E-state index in [1.54, 1.807) is 17.0 Å².